The summed E-state index contributed by atoms with van der Waals surface area (Å²) in [5.74, 6) is -15.8. The van der Waals surface area contributed by atoms with E-state index in [0.29, 0.717) is 12.8 Å². The third kappa shape index (κ3) is 30.0. The smallest absolute Gasteiger partial charge is 0.303 e. The van der Waals surface area contributed by atoms with Gasteiger partial charge in [0.1, 0.15) is 54.4 Å². The molecule has 16 amide bonds. The molecule has 27 N–H and O–H groups in total. The molecule has 3 saturated heterocycles. The molecule has 4 rings (SSSR count). The summed E-state index contributed by atoms with van der Waals surface area (Å²) in [6, 6.07) is -17.3. The van der Waals surface area contributed by atoms with Crippen molar-refractivity contribution in [1.29, 1.82) is 0 Å². The number of hydrogen-bond acceptors (Lipinski definition) is 28. The summed E-state index contributed by atoms with van der Waals surface area (Å²) in [5, 5.41) is 126. The number of piperidine rings is 1. The van der Waals surface area contributed by atoms with Gasteiger partial charge in [0.05, 0.1) is 70.0 Å². The molecular formula is C62H103N19O26. The number of rotatable bonds is 41. The average Bonchev–Trinajstić information content (AvgIpc) is 0.748. The third-order valence-corrected chi connectivity index (χ3v) is 18.2. The number of carboxylic acid groups (broad SMARTS) is 1. The van der Waals surface area contributed by atoms with Gasteiger partial charge in [0, 0.05) is 44.9 Å². The molecule has 45 heteroatoms. The summed E-state index contributed by atoms with van der Waals surface area (Å²) >= 11 is 0. The van der Waals surface area contributed by atoms with E-state index in [9.17, 15) is 128 Å². The second-order valence-corrected chi connectivity index (χ2v) is 26.1. The molecule has 16 atom stereocenters. The standard InChI is InChI=1S/C62H103N19O26/c63-16-3-1-7-33(72-60(103)42(29-85)78-62(105)43-15-18-65-52-38(71-48(91)13-12-47(64)90)21-32-22-45(88)46(89)23-44(32)81(43)52)53(96)67-24-49(92)70-35(9-5-19-79(106)30-86)57(100)77-41(28-84)61(104)76-40(27-83)55(98)68-25-50(93)69-34-8-2-4-17-66-54(97)39(26-82)75-59(102)37(11-14-51(94)95)74-58(101)36(73-56(34)99)10-6-20-80(107)31-87/h30-46,52,65,82-85,88-89,106-107H,1-29,63H2,(H2,64,90)(H,66,97)(H,67,96)(H,68,98)(H,69,93)(H,70,92)(H,71,91)(H,72,103)(H,73,99)(H,74,101)(H,75,102)(H,76,104)(H,77,100)(H,78,105)(H,94,95)/t32?,33-,34?,35-,36+,37-,38?,39-,40-,41+,42+,43-,44?,45?,46?,52?/m0/s1. The van der Waals surface area contributed by atoms with Crippen LogP contribution in [-0.4, -0.2) is 326 Å². The van der Waals surface area contributed by atoms with Crippen molar-refractivity contribution in [3.8, 4) is 0 Å². The maximum Gasteiger partial charge on any atom is 0.303 e. The van der Waals surface area contributed by atoms with E-state index in [-0.39, 0.29) is 139 Å². The summed E-state index contributed by atoms with van der Waals surface area (Å²) in [7, 11) is 0. The number of aliphatic hydroxyl groups is 6. The number of nitrogens with zero attached hydrogens (tertiary/aromatic N) is 3. The number of nitrogens with two attached hydrogens (primary N) is 2. The van der Waals surface area contributed by atoms with Gasteiger partial charge < -0.3 is 116 Å². The van der Waals surface area contributed by atoms with E-state index in [1.807, 2.05) is 0 Å². The summed E-state index contributed by atoms with van der Waals surface area (Å²) in [6.45, 7) is -6.69. The third-order valence-electron chi connectivity index (χ3n) is 18.2. The molecule has 0 spiro atoms. The Labute approximate surface area is 612 Å². The summed E-state index contributed by atoms with van der Waals surface area (Å²) < 4.78 is 0. The van der Waals surface area contributed by atoms with E-state index >= 15 is 0 Å². The van der Waals surface area contributed by atoms with Crippen molar-refractivity contribution in [3.05, 3.63) is 0 Å². The second kappa shape index (κ2) is 46.6. The van der Waals surface area contributed by atoms with Crippen molar-refractivity contribution in [1.82, 2.24) is 89.5 Å². The number of unbranched alkanes of at least 4 members (excludes halogenated alkanes) is 1. The number of hydroxylamine groups is 4. The first kappa shape index (κ1) is 89.9. The molecule has 3 aliphatic heterocycles. The van der Waals surface area contributed by atoms with E-state index < -0.39 is 245 Å². The van der Waals surface area contributed by atoms with E-state index in [1.165, 1.54) is 0 Å². The highest BCUT2D eigenvalue weighted by atomic mass is 16.5. The van der Waals surface area contributed by atoms with Crippen LogP contribution in [0.2, 0.25) is 0 Å². The van der Waals surface area contributed by atoms with E-state index in [2.05, 4.69) is 74.4 Å². The summed E-state index contributed by atoms with van der Waals surface area (Å²) in [5.41, 5.74) is 11.0. The van der Waals surface area contributed by atoms with E-state index in [0.717, 1.165) is 0 Å². The number of carbonyl (C=O) groups is 17. The molecule has 602 valence electrons. The lowest BCUT2D eigenvalue weighted by atomic mass is 9.72. The van der Waals surface area contributed by atoms with Gasteiger partial charge in [-0.1, -0.05) is 0 Å². The van der Waals surface area contributed by atoms with Gasteiger partial charge in [-0.05, 0) is 115 Å². The van der Waals surface area contributed by atoms with Gasteiger partial charge in [0.15, 0.2) is 0 Å². The lowest BCUT2D eigenvalue weighted by molar-refractivity contribution is -0.150. The number of amides is 16. The molecular weight excluding hydrogens is 1430 g/mol. The first-order chi connectivity index (χ1) is 50.9. The fourth-order valence-electron chi connectivity index (χ4n) is 12.5. The minimum atomic E-state index is -1.97. The number of aliphatic hydroxyl groups excluding tert-OH is 6. The quantitative estimate of drug-likeness (QED) is 0.0117. The predicted octanol–water partition coefficient (Wildman–Crippen LogP) is -13.3. The lowest BCUT2D eigenvalue weighted by Gasteiger charge is -2.57. The van der Waals surface area contributed by atoms with Gasteiger partial charge in [0.25, 0.3) is 0 Å². The van der Waals surface area contributed by atoms with Crippen LogP contribution in [-0.2, 0) is 81.5 Å². The summed E-state index contributed by atoms with van der Waals surface area (Å²) in [4.78, 5) is 224. The number of nitrogens with one attached hydrogen (secondary N) is 14. The van der Waals surface area contributed by atoms with Crippen molar-refractivity contribution < 1.29 is 128 Å². The Morgan fingerprint density at radius 1 is 0.561 bits per heavy atom. The lowest BCUT2D eigenvalue weighted by Crippen LogP contribution is -2.75. The fourth-order valence-corrected chi connectivity index (χ4v) is 12.5. The SMILES string of the molecule is NCCCC[C@H](NC(=O)[C@@H](CO)NC(=O)[C@@H]1CCNC2C(NC(=O)CCC(N)=O)CC3CC(O)C(O)CC3N21)C(=O)NCC(=O)N[C@@H](CCCN(O)C=O)C(=O)N[C@H](CO)C(=O)N[C@@H](CO)C(=O)NCC(=O)NC1CCCCNC(=O)[C@H](CO)NC(=O)[C@H](CCC(=O)O)NC(=O)[C@@H](CCCN(O)C=O)NC1=O. The first-order valence-electron chi connectivity index (χ1n) is 35.1. The predicted molar refractivity (Wildman–Crippen MR) is 361 cm³/mol. The number of carboxylic acids is 1. The normalized spacial score (nSPS) is 24.2. The Balaban J connectivity index is 1.42. The Morgan fingerprint density at radius 3 is 1.71 bits per heavy atom. The molecule has 0 bridgehead atoms. The number of primary amides is 1. The maximum absolute atomic E-state index is 14.3. The zero-order valence-corrected chi connectivity index (χ0v) is 58.9. The fraction of sp³-hybridized carbons (Fsp3) is 0.726. The van der Waals surface area contributed by atoms with E-state index in [1.54, 1.807) is 4.90 Å². The Hall–Kier alpha value is -9.45. The van der Waals surface area contributed by atoms with Crippen molar-refractivity contribution >= 4 is 101 Å². The number of hydrogen-bond donors (Lipinski definition) is 25. The summed E-state index contributed by atoms with van der Waals surface area (Å²) in [6.07, 6.45) is -4.68. The molecule has 0 aromatic rings. The van der Waals surface area contributed by atoms with Gasteiger partial charge in [0.2, 0.25) is 95.5 Å². The van der Waals surface area contributed by atoms with Crippen LogP contribution in [0, 0.1) is 5.92 Å². The Kier molecular flexibility index (Phi) is 39.2. The van der Waals surface area contributed by atoms with Crippen molar-refractivity contribution in [3.63, 3.8) is 0 Å². The van der Waals surface area contributed by atoms with Crippen LogP contribution in [0.5, 0.6) is 0 Å². The maximum atomic E-state index is 14.3. The molecule has 45 nitrogen and oxygen atoms in total. The van der Waals surface area contributed by atoms with Gasteiger partial charge >= 0.3 is 5.97 Å². The van der Waals surface area contributed by atoms with E-state index in [4.69, 9.17) is 11.5 Å². The molecule has 0 aromatic carbocycles. The van der Waals surface area contributed by atoms with Crippen LogP contribution in [0.1, 0.15) is 116 Å². The molecule has 3 heterocycles. The minimum Gasteiger partial charge on any atom is -0.481 e. The zero-order valence-electron chi connectivity index (χ0n) is 58.9. The largest absolute Gasteiger partial charge is 0.481 e. The molecule has 1 aliphatic carbocycles. The van der Waals surface area contributed by atoms with Gasteiger partial charge in [-0.2, -0.15) is 0 Å². The monoisotopic (exact) mass is 1530 g/mol. The highest BCUT2D eigenvalue weighted by molar-refractivity contribution is 5.99. The number of carbonyl (C=O) groups excluding carboxylic acids is 16. The van der Waals surface area contributed by atoms with Crippen LogP contribution in [0.3, 0.4) is 0 Å². The van der Waals surface area contributed by atoms with Gasteiger partial charge in [-0.25, -0.2) is 10.1 Å². The highest BCUT2D eigenvalue weighted by Crippen LogP contribution is 2.40. The van der Waals surface area contributed by atoms with Crippen LogP contribution in [0.15, 0.2) is 0 Å². The topological polar surface area (TPSA) is 702 Å². The average molecular weight is 1530 g/mol. The van der Waals surface area contributed by atoms with Crippen LogP contribution in [0.25, 0.3) is 0 Å². The molecule has 7 unspecified atom stereocenters. The molecule has 0 aromatic heterocycles. The van der Waals surface area contributed by atoms with Crippen molar-refractivity contribution in [2.45, 2.75) is 206 Å². The number of aliphatic carboxylic acids is 1. The molecule has 0 radical (unpaired) electrons. The van der Waals surface area contributed by atoms with Crippen LogP contribution >= 0.6 is 0 Å². The zero-order chi connectivity index (χ0) is 79.4. The minimum absolute atomic E-state index is 0.0293. The number of fused-ring (bicyclic) bond motifs is 3. The van der Waals surface area contributed by atoms with Crippen LogP contribution < -0.4 is 85.9 Å². The Morgan fingerprint density at radius 2 is 1.10 bits per heavy atom. The van der Waals surface area contributed by atoms with Crippen molar-refractivity contribution in [2.24, 2.45) is 17.4 Å². The Bertz CT molecular complexity index is 3070. The molecule has 4 aliphatic rings. The highest BCUT2D eigenvalue weighted by Gasteiger charge is 2.53. The van der Waals surface area contributed by atoms with Crippen LogP contribution in [0.4, 0.5) is 0 Å². The molecule has 4 fully saturated rings. The molecule has 1 saturated carbocycles. The van der Waals surface area contributed by atoms with Gasteiger partial charge in [-0.3, -0.25) is 102 Å². The van der Waals surface area contributed by atoms with Gasteiger partial charge in [-0.15, -0.1) is 0 Å². The second-order valence-electron chi connectivity index (χ2n) is 26.1. The molecule has 107 heavy (non-hydrogen) atoms. The first-order valence-corrected chi connectivity index (χ1v) is 35.1. The van der Waals surface area contributed by atoms with Crippen molar-refractivity contribution in [2.75, 3.05) is 72.2 Å².